The Morgan fingerprint density at radius 1 is 1.11 bits per heavy atom. The quantitative estimate of drug-likeness (QED) is 0.756. The van der Waals surface area contributed by atoms with Crippen LogP contribution in [0.15, 0.2) is 42.6 Å². The molecule has 2 N–H and O–H groups in total. The van der Waals surface area contributed by atoms with E-state index in [4.69, 9.17) is 5.26 Å². The summed E-state index contributed by atoms with van der Waals surface area (Å²) in [5.74, 6) is 4.85. The van der Waals surface area contributed by atoms with E-state index in [1.54, 1.807) is 23.2 Å². The fourth-order valence-electron chi connectivity index (χ4n) is 2.70. The third-order valence-electron chi connectivity index (χ3n) is 4.00. The second-order valence-electron chi connectivity index (χ2n) is 5.95. The molecule has 0 spiro atoms. The highest BCUT2D eigenvalue weighted by Gasteiger charge is 2.33. The third-order valence-corrected chi connectivity index (χ3v) is 4.00. The molecule has 2 aromatic rings. The molecule has 0 fully saturated rings. The molecule has 1 heterocycles. The Bertz CT molecular complexity index is 1020. The number of phenols is 1. The standard InChI is InChI=1S/C20H14F3N3O/c1-26-12-16(11-25-26)18-8-13(10-24)2-3-14(18)4-5-15-6-7-17(27)9-19(15)20(21,22)23/h2-3,6-9,12,25,27H,11H2,1H3. The highest BCUT2D eigenvalue weighted by molar-refractivity contribution is 5.74. The zero-order valence-corrected chi connectivity index (χ0v) is 14.2. The van der Waals surface area contributed by atoms with Crippen molar-refractivity contribution in [2.75, 3.05) is 13.6 Å². The number of rotatable bonds is 1. The Hall–Kier alpha value is -3.42. The van der Waals surface area contributed by atoms with E-state index < -0.39 is 17.5 Å². The van der Waals surface area contributed by atoms with Gasteiger partial charge in [-0.05, 0) is 47.5 Å². The van der Waals surface area contributed by atoms with Crippen molar-refractivity contribution in [1.82, 2.24) is 10.4 Å². The van der Waals surface area contributed by atoms with Crippen molar-refractivity contribution in [1.29, 1.82) is 5.26 Å². The first-order valence-electron chi connectivity index (χ1n) is 7.92. The zero-order chi connectivity index (χ0) is 19.6. The van der Waals surface area contributed by atoms with E-state index in [1.807, 2.05) is 13.2 Å². The molecule has 0 unspecified atom stereocenters. The van der Waals surface area contributed by atoms with Gasteiger partial charge < -0.3 is 10.1 Å². The minimum Gasteiger partial charge on any atom is -0.508 e. The highest BCUT2D eigenvalue weighted by Crippen LogP contribution is 2.34. The molecule has 3 rings (SSSR count). The van der Waals surface area contributed by atoms with Crippen LogP contribution in [0.3, 0.4) is 0 Å². The average molecular weight is 369 g/mol. The number of nitrogens with one attached hydrogen (secondary N) is 1. The molecule has 27 heavy (non-hydrogen) atoms. The normalized spacial score (nSPS) is 13.6. The largest absolute Gasteiger partial charge is 0.508 e. The lowest BCUT2D eigenvalue weighted by Crippen LogP contribution is -2.23. The molecule has 4 nitrogen and oxygen atoms in total. The van der Waals surface area contributed by atoms with Gasteiger partial charge in [0.15, 0.2) is 0 Å². The maximum atomic E-state index is 13.2. The van der Waals surface area contributed by atoms with Crippen molar-refractivity contribution in [2.45, 2.75) is 6.18 Å². The number of nitriles is 1. The molecule has 0 aromatic heterocycles. The van der Waals surface area contributed by atoms with E-state index >= 15 is 0 Å². The number of nitrogens with zero attached hydrogens (tertiary/aromatic N) is 2. The summed E-state index contributed by atoms with van der Waals surface area (Å²) in [5.41, 5.74) is 4.36. The number of alkyl halides is 3. The zero-order valence-electron chi connectivity index (χ0n) is 14.2. The average Bonchev–Trinajstić information content (AvgIpc) is 3.06. The second-order valence-corrected chi connectivity index (χ2v) is 5.95. The lowest BCUT2D eigenvalue weighted by Gasteiger charge is -2.09. The molecule has 1 aliphatic rings. The Labute approximate surface area is 154 Å². The van der Waals surface area contributed by atoms with Crippen LogP contribution in [0, 0.1) is 23.2 Å². The van der Waals surface area contributed by atoms with Crippen LogP contribution < -0.4 is 5.43 Å². The van der Waals surface area contributed by atoms with E-state index in [0.717, 1.165) is 17.7 Å². The summed E-state index contributed by atoms with van der Waals surface area (Å²) >= 11 is 0. The van der Waals surface area contributed by atoms with Gasteiger partial charge in [-0.15, -0.1) is 0 Å². The van der Waals surface area contributed by atoms with Crippen molar-refractivity contribution in [2.24, 2.45) is 0 Å². The molecule has 136 valence electrons. The molecule has 0 radical (unpaired) electrons. The molecule has 0 saturated carbocycles. The topological polar surface area (TPSA) is 59.3 Å². The fourth-order valence-corrected chi connectivity index (χ4v) is 2.70. The number of hydrogen-bond acceptors (Lipinski definition) is 4. The van der Waals surface area contributed by atoms with E-state index in [-0.39, 0.29) is 5.56 Å². The van der Waals surface area contributed by atoms with Crippen LogP contribution >= 0.6 is 0 Å². The van der Waals surface area contributed by atoms with Crippen molar-refractivity contribution in [3.8, 4) is 23.7 Å². The lowest BCUT2D eigenvalue weighted by molar-refractivity contribution is -0.137. The summed E-state index contributed by atoms with van der Waals surface area (Å²) < 4.78 is 39.5. The van der Waals surface area contributed by atoms with Crippen LogP contribution in [0.5, 0.6) is 5.75 Å². The maximum absolute atomic E-state index is 13.2. The van der Waals surface area contributed by atoms with Gasteiger partial charge in [-0.1, -0.05) is 11.8 Å². The molecular formula is C20H14F3N3O. The molecule has 1 aliphatic heterocycles. The highest BCUT2D eigenvalue weighted by atomic mass is 19.4. The van der Waals surface area contributed by atoms with Crippen LogP contribution in [0.1, 0.15) is 27.8 Å². The van der Waals surface area contributed by atoms with E-state index in [0.29, 0.717) is 29.3 Å². The van der Waals surface area contributed by atoms with Crippen molar-refractivity contribution < 1.29 is 18.3 Å². The van der Waals surface area contributed by atoms with Gasteiger partial charge in [0.1, 0.15) is 5.75 Å². The van der Waals surface area contributed by atoms with E-state index in [2.05, 4.69) is 23.3 Å². The number of hydrogen-bond donors (Lipinski definition) is 2. The molecule has 7 heteroatoms. The van der Waals surface area contributed by atoms with Crippen LogP contribution in [0.4, 0.5) is 13.2 Å². The Balaban J connectivity index is 2.09. The first-order valence-corrected chi connectivity index (χ1v) is 7.92. The number of hydrazine groups is 1. The minimum absolute atomic E-state index is 0.230. The second kappa shape index (κ2) is 7.06. The predicted octanol–water partition coefficient (Wildman–Crippen LogP) is 3.47. The summed E-state index contributed by atoms with van der Waals surface area (Å²) in [6.07, 6.45) is -2.79. The van der Waals surface area contributed by atoms with Gasteiger partial charge in [0.25, 0.3) is 0 Å². The van der Waals surface area contributed by atoms with Crippen molar-refractivity contribution in [3.63, 3.8) is 0 Å². The van der Waals surface area contributed by atoms with Crippen LogP contribution in [-0.2, 0) is 6.18 Å². The van der Waals surface area contributed by atoms with Gasteiger partial charge in [-0.25, -0.2) is 5.43 Å². The first-order chi connectivity index (χ1) is 12.8. The summed E-state index contributed by atoms with van der Waals surface area (Å²) in [6, 6.07) is 9.86. The maximum Gasteiger partial charge on any atom is 0.417 e. The lowest BCUT2D eigenvalue weighted by atomic mass is 9.97. The summed E-state index contributed by atoms with van der Waals surface area (Å²) in [5, 5.41) is 20.2. The predicted molar refractivity (Wildman–Crippen MR) is 94.0 cm³/mol. The van der Waals surface area contributed by atoms with Crippen molar-refractivity contribution in [3.05, 3.63) is 70.4 Å². The summed E-state index contributed by atoms with van der Waals surface area (Å²) in [4.78, 5) is 0. The molecule has 0 aliphatic carbocycles. The Morgan fingerprint density at radius 2 is 1.81 bits per heavy atom. The Kier molecular flexibility index (Phi) is 4.81. The molecule has 2 aromatic carbocycles. The van der Waals surface area contributed by atoms with Crippen LogP contribution in [-0.4, -0.2) is 23.7 Å². The minimum atomic E-state index is -4.63. The van der Waals surface area contributed by atoms with Gasteiger partial charge >= 0.3 is 6.18 Å². The fraction of sp³-hybridized carbons (Fsp3) is 0.150. The van der Waals surface area contributed by atoms with Gasteiger partial charge in [0, 0.05) is 30.9 Å². The Morgan fingerprint density at radius 3 is 2.44 bits per heavy atom. The van der Waals surface area contributed by atoms with Gasteiger partial charge in [-0.2, -0.15) is 18.4 Å². The SMILES string of the molecule is CN1C=C(c2cc(C#N)ccc2C#Cc2ccc(O)cc2C(F)(F)F)CN1. The smallest absolute Gasteiger partial charge is 0.417 e. The monoisotopic (exact) mass is 369 g/mol. The molecular weight excluding hydrogens is 355 g/mol. The number of halogens is 3. The van der Waals surface area contributed by atoms with Crippen LogP contribution in [0.25, 0.3) is 5.57 Å². The summed E-state index contributed by atoms with van der Waals surface area (Å²) in [7, 11) is 1.82. The van der Waals surface area contributed by atoms with Crippen molar-refractivity contribution >= 4 is 5.57 Å². The van der Waals surface area contributed by atoms with Gasteiger partial charge in [-0.3, -0.25) is 0 Å². The summed E-state index contributed by atoms with van der Waals surface area (Å²) in [6.45, 7) is 0.521. The number of benzene rings is 2. The van der Waals surface area contributed by atoms with Gasteiger partial charge in [0.2, 0.25) is 0 Å². The molecule has 0 bridgehead atoms. The first kappa shape index (κ1) is 18.4. The number of phenolic OH excluding ortho intramolecular Hbond substituents is 1. The van der Waals surface area contributed by atoms with E-state index in [1.165, 1.54) is 0 Å². The molecule has 0 amide bonds. The third kappa shape index (κ3) is 4.05. The van der Waals surface area contributed by atoms with Gasteiger partial charge in [0.05, 0.1) is 17.2 Å². The van der Waals surface area contributed by atoms with Crippen LogP contribution in [0.2, 0.25) is 0 Å². The molecule has 0 saturated heterocycles. The van der Waals surface area contributed by atoms with E-state index in [9.17, 15) is 18.3 Å². The number of aromatic hydroxyl groups is 1. The molecule has 0 atom stereocenters.